The van der Waals surface area contributed by atoms with Crippen molar-refractivity contribution in [2.45, 2.75) is 25.2 Å². The van der Waals surface area contributed by atoms with Gasteiger partial charge in [-0.25, -0.2) is 4.98 Å². The molecule has 3 heterocycles. The number of amides is 1. The second-order valence-corrected chi connectivity index (χ2v) is 6.40. The first kappa shape index (κ1) is 14.2. The molecule has 0 radical (unpaired) electrons. The van der Waals surface area contributed by atoms with Crippen LogP contribution in [0.2, 0.25) is 0 Å². The van der Waals surface area contributed by atoms with E-state index in [9.17, 15) is 4.79 Å². The van der Waals surface area contributed by atoms with Crippen molar-refractivity contribution < 1.29 is 9.32 Å². The highest BCUT2D eigenvalue weighted by atomic mass is 16.5. The van der Waals surface area contributed by atoms with Crippen molar-refractivity contribution in [3.8, 4) is 11.6 Å². The number of pyridine rings is 1. The maximum atomic E-state index is 11.4. The molecular formula is C18H15N5O2. The molecule has 4 aromatic rings. The highest BCUT2D eigenvalue weighted by Crippen LogP contribution is 2.39. The Balaban J connectivity index is 1.75. The summed E-state index contributed by atoms with van der Waals surface area (Å²) in [6, 6.07) is 9.79. The Bertz CT molecular complexity index is 1120. The van der Waals surface area contributed by atoms with E-state index in [1.54, 1.807) is 6.20 Å². The fourth-order valence-electron chi connectivity index (χ4n) is 3.23. The summed E-state index contributed by atoms with van der Waals surface area (Å²) in [4.78, 5) is 20.4. The maximum absolute atomic E-state index is 11.4. The predicted molar refractivity (Wildman–Crippen MR) is 90.9 cm³/mol. The van der Waals surface area contributed by atoms with Gasteiger partial charge in [0.05, 0.1) is 23.7 Å². The lowest BCUT2D eigenvalue weighted by Gasteiger charge is -2.09. The molecule has 7 heteroatoms. The minimum Gasteiger partial charge on any atom is -0.369 e. The average molecular weight is 333 g/mol. The van der Waals surface area contributed by atoms with E-state index in [2.05, 4.69) is 15.1 Å². The minimum atomic E-state index is -0.360. The lowest BCUT2D eigenvalue weighted by atomic mass is 10.1. The number of carbonyl (C=O) groups excluding carboxylic acids is 1. The second-order valence-electron chi connectivity index (χ2n) is 6.40. The smallest absolute Gasteiger partial charge is 0.238 e. The molecule has 0 aliphatic heterocycles. The zero-order valence-electron chi connectivity index (χ0n) is 13.3. The van der Waals surface area contributed by atoms with Crippen LogP contribution in [0.4, 0.5) is 0 Å². The molecule has 1 amide bonds. The summed E-state index contributed by atoms with van der Waals surface area (Å²) in [6.45, 7) is 0. The number of hydrogen-bond donors (Lipinski definition) is 1. The molecule has 25 heavy (non-hydrogen) atoms. The van der Waals surface area contributed by atoms with E-state index in [1.807, 2.05) is 34.7 Å². The lowest BCUT2D eigenvalue weighted by molar-refractivity contribution is -0.117. The van der Waals surface area contributed by atoms with E-state index in [1.165, 1.54) is 0 Å². The van der Waals surface area contributed by atoms with Crippen LogP contribution in [0, 0.1) is 0 Å². The summed E-state index contributed by atoms with van der Waals surface area (Å²) in [7, 11) is 0. The van der Waals surface area contributed by atoms with Gasteiger partial charge < -0.3 is 10.3 Å². The molecule has 2 N–H and O–H groups in total. The third kappa shape index (κ3) is 2.27. The van der Waals surface area contributed by atoms with Crippen LogP contribution in [0.15, 0.2) is 41.1 Å². The number of primary amides is 1. The van der Waals surface area contributed by atoms with E-state index in [-0.39, 0.29) is 12.3 Å². The maximum Gasteiger partial charge on any atom is 0.238 e. The summed E-state index contributed by atoms with van der Waals surface area (Å²) in [6.07, 6.45) is 4.14. The molecule has 1 fully saturated rings. The van der Waals surface area contributed by atoms with Crippen molar-refractivity contribution in [2.24, 2.45) is 5.73 Å². The van der Waals surface area contributed by atoms with Gasteiger partial charge in [-0.1, -0.05) is 23.4 Å². The monoisotopic (exact) mass is 333 g/mol. The van der Waals surface area contributed by atoms with Crippen LogP contribution in [0.1, 0.15) is 30.2 Å². The third-order valence-electron chi connectivity index (χ3n) is 4.54. The fraction of sp³-hybridized carbons (Fsp3) is 0.222. The highest BCUT2D eigenvalue weighted by molar-refractivity contribution is 5.91. The van der Waals surface area contributed by atoms with Crippen LogP contribution >= 0.6 is 0 Å². The summed E-state index contributed by atoms with van der Waals surface area (Å²) in [5.41, 5.74) is 8.08. The first-order valence-corrected chi connectivity index (χ1v) is 8.21. The fourth-order valence-corrected chi connectivity index (χ4v) is 3.23. The van der Waals surface area contributed by atoms with Crippen LogP contribution < -0.4 is 5.73 Å². The molecule has 7 nitrogen and oxygen atoms in total. The molecule has 0 atom stereocenters. The van der Waals surface area contributed by atoms with Crippen molar-refractivity contribution >= 4 is 22.3 Å². The Hall–Kier alpha value is -3.22. The average Bonchev–Trinajstić information content (AvgIpc) is 3.18. The van der Waals surface area contributed by atoms with Crippen molar-refractivity contribution in [1.29, 1.82) is 0 Å². The van der Waals surface area contributed by atoms with Gasteiger partial charge in [0, 0.05) is 11.3 Å². The summed E-state index contributed by atoms with van der Waals surface area (Å²) in [5, 5.41) is 5.06. The molecule has 5 rings (SSSR count). The SMILES string of the molecule is NC(=O)Cc1cc2cnc(-c3noc(C4CC4)n3)n2c2ccccc12. The largest absolute Gasteiger partial charge is 0.369 e. The molecule has 3 aromatic heterocycles. The van der Waals surface area contributed by atoms with Crippen molar-refractivity contribution in [2.75, 3.05) is 0 Å². The topological polar surface area (TPSA) is 99.3 Å². The quantitative estimate of drug-likeness (QED) is 0.618. The molecule has 124 valence electrons. The Morgan fingerprint density at radius 1 is 1.32 bits per heavy atom. The summed E-state index contributed by atoms with van der Waals surface area (Å²) in [5.74, 6) is 1.83. The van der Waals surface area contributed by atoms with E-state index in [0.29, 0.717) is 23.5 Å². The van der Waals surface area contributed by atoms with Gasteiger partial charge in [0.1, 0.15) is 0 Å². The number of fused-ring (bicyclic) bond motifs is 3. The second kappa shape index (κ2) is 5.14. The van der Waals surface area contributed by atoms with Gasteiger partial charge in [-0.3, -0.25) is 9.20 Å². The van der Waals surface area contributed by atoms with Crippen molar-refractivity contribution in [3.05, 3.63) is 48.0 Å². The number of hydrogen-bond acceptors (Lipinski definition) is 5. The number of para-hydroxylation sites is 1. The number of benzene rings is 1. The van der Waals surface area contributed by atoms with E-state index in [0.717, 1.165) is 34.8 Å². The number of rotatable bonds is 4. The van der Waals surface area contributed by atoms with Crippen molar-refractivity contribution in [3.63, 3.8) is 0 Å². The Kier molecular flexibility index (Phi) is 2.91. The molecule has 1 aromatic carbocycles. The first-order chi connectivity index (χ1) is 12.2. The number of nitrogens with two attached hydrogens (primary N) is 1. The van der Waals surface area contributed by atoms with Crippen LogP contribution in [0.5, 0.6) is 0 Å². The lowest BCUT2D eigenvalue weighted by Crippen LogP contribution is -2.14. The van der Waals surface area contributed by atoms with E-state index >= 15 is 0 Å². The van der Waals surface area contributed by atoms with Gasteiger partial charge in [0.2, 0.25) is 17.6 Å². The van der Waals surface area contributed by atoms with Crippen LogP contribution in [-0.2, 0) is 11.2 Å². The molecular weight excluding hydrogens is 318 g/mol. The van der Waals surface area contributed by atoms with Gasteiger partial charge in [0.15, 0.2) is 5.82 Å². The Labute approximate surface area is 142 Å². The van der Waals surface area contributed by atoms with Crippen molar-refractivity contribution in [1.82, 2.24) is 19.5 Å². The molecule has 0 bridgehead atoms. The molecule has 1 aliphatic carbocycles. The molecule has 0 unspecified atom stereocenters. The van der Waals surface area contributed by atoms with Crippen LogP contribution in [-0.4, -0.2) is 25.4 Å². The molecule has 0 saturated heterocycles. The molecule has 1 saturated carbocycles. The normalized spacial score (nSPS) is 14.4. The molecule has 0 spiro atoms. The summed E-state index contributed by atoms with van der Waals surface area (Å²) < 4.78 is 7.36. The zero-order chi connectivity index (χ0) is 17.0. The standard InChI is InChI=1S/C18H15N5O2/c19-15(24)8-11-7-12-9-20-17(16-21-18(25-22-16)10-5-6-10)23(12)14-4-2-1-3-13(11)14/h1-4,7,9-10H,5-6,8H2,(H2,19,24). The summed E-state index contributed by atoms with van der Waals surface area (Å²) >= 11 is 0. The number of aromatic nitrogens is 4. The van der Waals surface area contributed by atoms with Gasteiger partial charge in [-0.15, -0.1) is 0 Å². The van der Waals surface area contributed by atoms with Crippen LogP contribution in [0.3, 0.4) is 0 Å². The third-order valence-corrected chi connectivity index (χ3v) is 4.54. The van der Waals surface area contributed by atoms with E-state index < -0.39 is 0 Å². The van der Waals surface area contributed by atoms with E-state index in [4.69, 9.17) is 10.3 Å². The molecule has 1 aliphatic rings. The predicted octanol–water partition coefficient (Wildman–Crippen LogP) is 2.44. The van der Waals surface area contributed by atoms with Crippen LogP contribution in [0.25, 0.3) is 28.1 Å². The van der Waals surface area contributed by atoms with Gasteiger partial charge >= 0.3 is 0 Å². The zero-order valence-corrected chi connectivity index (χ0v) is 13.3. The number of imidazole rings is 1. The Morgan fingerprint density at radius 2 is 2.16 bits per heavy atom. The number of carbonyl (C=O) groups is 1. The van der Waals surface area contributed by atoms with Gasteiger partial charge in [-0.2, -0.15) is 4.98 Å². The number of nitrogens with zero attached hydrogens (tertiary/aromatic N) is 4. The highest BCUT2D eigenvalue weighted by Gasteiger charge is 2.30. The van der Waals surface area contributed by atoms with Gasteiger partial charge in [-0.05, 0) is 30.5 Å². The Morgan fingerprint density at radius 3 is 2.96 bits per heavy atom. The van der Waals surface area contributed by atoms with Gasteiger partial charge in [0.25, 0.3) is 0 Å². The minimum absolute atomic E-state index is 0.186. The first-order valence-electron chi connectivity index (χ1n) is 8.21.